The van der Waals surface area contributed by atoms with Gasteiger partial charge in [0.25, 0.3) is 5.91 Å². The molecule has 3 aromatic carbocycles. The summed E-state index contributed by atoms with van der Waals surface area (Å²) in [5.41, 5.74) is 3.79. The van der Waals surface area contributed by atoms with Crippen molar-refractivity contribution >= 4 is 23.6 Å². The van der Waals surface area contributed by atoms with Crippen molar-refractivity contribution in [3.05, 3.63) is 96.1 Å². The van der Waals surface area contributed by atoms with E-state index in [9.17, 15) is 9.59 Å². The Labute approximate surface area is 175 Å². The van der Waals surface area contributed by atoms with Crippen LogP contribution in [0.15, 0.2) is 84.9 Å². The summed E-state index contributed by atoms with van der Waals surface area (Å²) in [5, 5.41) is 11.6. The number of nitriles is 1. The van der Waals surface area contributed by atoms with E-state index in [4.69, 9.17) is 10.00 Å². The topological polar surface area (TPSA) is 79.2 Å². The number of para-hydroxylation sites is 1. The second-order valence-corrected chi connectivity index (χ2v) is 6.55. The minimum atomic E-state index is -0.966. The zero-order valence-electron chi connectivity index (χ0n) is 16.4. The Morgan fingerprint density at radius 3 is 2.33 bits per heavy atom. The summed E-state index contributed by atoms with van der Waals surface area (Å²) in [5.74, 6) is -1.04. The van der Waals surface area contributed by atoms with Crippen molar-refractivity contribution in [1.29, 1.82) is 5.26 Å². The Morgan fingerprint density at radius 1 is 0.967 bits per heavy atom. The lowest BCUT2D eigenvalue weighted by Gasteiger charge is -2.15. The van der Waals surface area contributed by atoms with Gasteiger partial charge < -0.3 is 10.1 Å². The maximum absolute atomic E-state index is 12.5. The van der Waals surface area contributed by atoms with E-state index in [0.717, 1.165) is 16.7 Å². The molecular formula is C25H20N2O3. The predicted octanol–water partition coefficient (Wildman–Crippen LogP) is 4.81. The monoisotopic (exact) mass is 396 g/mol. The summed E-state index contributed by atoms with van der Waals surface area (Å²) in [7, 11) is 0. The van der Waals surface area contributed by atoms with Crippen LogP contribution in [0.4, 0.5) is 5.69 Å². The third kappa shape index (κ3) is 5.43. The molecule has 0 saturated heterocycles. The van der Waals surface area contributed by atoms with E-state index in [0.29, 0.717) is 11.3 Å². The SMILES string of the molecule is C[C@H](OC(=O)/C=C/c1ccc(C#N)cc1)C(=O)Nc1ccccc1-c1ccccc1. The van der Waals surface area contributed by atoms with Gasteiger partial charge in [-0.15, -0.1) is 0 Å². The smallest absolute Gasteiger partial charge is 0.331 e. The first-order chi connectivity index (χ1) is 14.6. The molecule has 0 heterocycles. The van der Waals surface area contributed by atoms with Crippen LogP contribution in [0.5, 0.6) is 0 Å². The molecule has 5 nitrogen and oxygen atoms in total. The van der Waals surface area contributed by atoms with E-state index >= 15 is 0 Å². The van der Waals surface area contributed by atoms with Gasteiger partial charge in [-0.3, -0.25) is 4.79 Å². The second kappa shape index (κ2) is 9.85. The lowest BCUT2D eigenvalue weighted by atomic mass is 10.0. The molecule has 0 fully saturated rings. The third-order valence-corrected chi connectivity index (χ3v) is 4.38. The molecule has 1 amide bonds. The van der Waals surface area contributed by atoms with Crippen LogP contribution < -0.4 is 5.32 Å². The molecule has 5 heteroatoms. The largest absolute Gasteiger partial charge is 0.449 e. The molecule has 0 radical (unpaired) electrons. The van der Waals surface area contributed by atoms with Gasteiger partial charge in [-0.25, -0.2) is 4.79 Å². The molecule has 0 aromatic heterocycles. The predicted molar refractivity (Wildman–Crippen MR) is 116 cm³/mol. The highest BCUT2D eigenvalue weighted by molar-refractivity contribution is 5.99. The number of nitrogens with one attached hydrogen (secondary N) is 1. The number of nitrogens with zero attached hydrogens (tertiary/aromatic N) is 1. The second-order valence-electron chi connectivity index (χ2n) is 6.55. The van der Waals surface area contributed by atoms with E-state index in [1.165, 1.54) is 13.0 Å². The summed E-state index contributed by atoms with van der Waals surface area (Å²) in [6.45, 7) is 1.52. The van der Waals surface area contributed by atoms with Crippen LogP contribution in [0.25, 0.3) is 17.2 Å². The summed E-state index contributed by atoms with van der Waals surface area (Å²) in [4.78, 5) is 24.6. The van der Waals surface area contributed by atoms with Crippen molar-refractivity contribution in [2.75, 3.05) is 5.32 Å². The van der Waals surface area contributed by atoms with E-state index in [1.807, 2.05) is 54.6 Å². The van der Waals surface area contributed by atoms with Gasteiger partial charge in [-0.05, 0) is 42.3 Å². The molecule has 0 bridgehead atoms. The number of anilines is 1. The van der Waals surface area contributed by atoms with Crippen LogP contribution >= 0.6 is 0 Å². The van der Waals surface area contributed by atoms with Crippen LogP contribution in [-0.2, 0) is 14.3 Å². The van der Waals surface area contributed by atoms with Crippen molar-refractivity contribution in [1.82, 2.24) is 0 Å². The maximum Gasteiger partial charge on any atom is 0.331 e. The summed E-state index contributed by atoms with van der Waals surface area (Å²) in [6, 6.07) is 26.0. The minimum Gasteiger partial charge on any atom is -0.449 e. The molecule has 148 valence electrons. The Morgan fingerprint density at radius 2 is 1.63 bits per heavy atom. The van der Waals surface area contributed by atoms with Gasteiger partial charge >= 0.3 is 5.97 Å². The van der Waals surface area contributed by atoms with Crippen LogP contribution in [0.2, 0.25) is 0 Å². The van der Waals surface area contributed by atoms with E-state index < -0.39 is 18.0 Å². The van der Waals surface area contributed by atoms with E-state index in [-0.39, 0.29) is 0 Å². The average molecular weight is 396 g/mol. The number of rotatable bonds is 6. The number of benzene rings is 3. The summed E-state index contributed by atoms with van der Waals surface area (Å²) < 4.78 is 5.21. The maximum atomic E-state index is 12.5. The lowest BCUT2D eigenvalue weighted by Crippen LogP contribution is -2.29. The highest BCUT2D eigenvalue weighted by Crippen LogP contribution is 2.27. The molecule has 0 unspecified atom stereocenters. The van der Waals surface area contributed by atoms with Gasteiger partial charge in [0.2, 0.25) is 0 Å². The van der Waals surface area contributed by atoms with Crippen molar-refractivity contribution in [3.8, 4) is 17.2 Å². The fourth-order valence-corrected chi connectivity index (χ4v) is 2.80. The fourth-order valence-electron chi connectivity index (χ4n) is 2.80. The van der Waals surface area contributed by atoms with Gasteiger partial charge in [-0.2, -0.15) is 5.26 Å². The van der Waals surface area contributed by atoms with Gasteiger partial charge in [0, 0.05) is 17.3 Å². The molecule has 1 N–H and O–H groups in total. The minimum absolute atomic E-state index is 0.418. The van der Waals surface area contributed by atoms with Gasteiger partial charge in [0.1, 0.15) is 0 Å². The molecule has 0 aliphatic rings. The van der Waals surface area contributed by atoms with E-state index in [1.54, 1.807) is 36.4 Å². The standard InChI is InChI=1S/C25H20N2O3/c1-18(30-24(28)16-15-19-11-13-20(17-26)14-12-19)25(29)27-23-10-6-5-9-22(23)21-7-3-2-4-8-21/h2-16,18H,1H3,(H,27,29)/b16-15+/t18-/m0/s1. The Bertz CT molecular complexity index is 1100. The lowest BCUT2D eigenvalue weighted by molar-refractivity contribution is -0.148. The summed E-state index contributed by atoms with van der Waals surface area (Å²) in [6.07, 6.45) is 1.86. The van der Waals surface area contributed by atoms with Crippen molar-refractivity contribution in [2.45, 2.75) is 13.0 Å². The van der Waals surface area contributed by atoms with Gasteiger partial charge in [-0.1, -0.05) is 60.7 Å². The number of hydrogen-bond acceptors (Lipinski definition) is 4. The van der Waals surface area contributed by atoms with Crippen molar-refractivity contribution in [2.24, 2.45) is 0 Å². The number of ether oxygens (including phenoxy) is 1. The number of carbonyl (C=O) groups excluding carboxylic acids is 2. The van der Waals surface area contributed by atoms with Crippen LogP contribution in [0, 0.1) is 11.3 Å². The normalized spacial score (nSPS) is 11.5. The Hall–Kier alpha value is -4.17. The molecule has 3 aromatic rings. The molecule has 0 aliphatic carbocycles. The quantitative estimate of drug-likeness (QED) is 0.479. The molecule has 0 saturated carbocycles. The number of hydrogen-bond donors (Lipinski definition) is 1. The Balaban J connectivity index is 1.62. The zero-order valence-corrected chi connectivity index (χ0v) is 16.4. The first-order valence-corrected chi connectivity index (χ1v) is 9.41. The van der Waals surface area contributed by atoms with Crippen LogP contribution in [0.3, 0.4) is 0 Å². The summed E-state index contributed by atoms with van der Waals surface area (Å²) >= 11 is 0. The molecule has 30 heavy (non-hydrogen) atoms. The van der Waals surface area contributed by atoms with Crippen LogP contribution in [0.1, 0.15) is 18.1 Å². The Kier molecular flexibility index (Phi) is 6.75. The van der Waals surface area contributed by atoms with Crippen molar-refractivity contribution in [3.63, 3.8) is 0 Å². The third-order valence-electron chi connectivity index (χ3n) is 4.38. The molecule has 0 aliphatic heterocycles. The highest BCUT2D eigenvalue weighted by Gasteiger charge is 2.18. The first-order valence-electron chi connectivity index (χ1n) is 9.41. The number of carbonyl (C=O) groups is 2. The van der Waals surface area contributed by atoms with Gasteiger partial charge in [0.05, 0.1) is 11.6 Å². The highest BCUT2D eigenvalue weighted by atomic mass is 16.5. The molecular weight excluding hydrogens is 376 g/mol. The molecule has 0 spiro atoms. The average Bonchev–Trinajstić information content (AvgIpc) is 2.79. The number of amides is 1. The fraction of sp³-hybridized carbons (Fsp3) is 0.0800. The number of esters is 1. The first kappa shape index (κ1) is 20.6. The van der Waals surface area contributed by atoms with E-state index in [2.05, 4.69) is 5.32 Å². The molecule has 1 atom stereocenters. The zero-order chi connectivity index (χ0) is 21.3. The van der Waals surface area contributed by atoms with Crippen LogP contribution in [-0.4, -0.2) is 18.0 Å². The van der Waals surface area contributed by atoms with Gasteiger partial charge in [0.15, 0.2) is 6.10 Å². The van der Waals surface area contributed by atoms with Crippen molar-refractivity contribution < 1.29 is 14.3 Å². The molecule has 3 rings (SSSR count).